The molecule has 0 atom stereocenters. The summed E-state index contributed by atoms with van der Waals surface area (Å²) in [6.45, 7) is 2.08. The Bertz CT molecular complexity index is 644. The summed E-state index contributed by atoms with van der Waals surface area (Å²) in [5, 5.41) is 2.45. The Morgan fingerprint density at radius 1 is 1.09 bits per heavy atom. The first kappa shape index (κ1) is 15.5. The zero-order chi connectivity index (χ0) is 15.8. The predicted molar refractivity (Wildman–Crippen MR) is 80.4 cm³/mol. The van der Waals surface area contributed by atoms with Gasteiger partial charge in [-0.25, -0.2) is 14.6 Å². The highest BCUT2D eigenvalue weighted by Gasteiger charge is 2.15. The molecule has 0 unspecified atom stereocenters. The third kappa shape index (κ3) is 4.31. The van der Waals surface area contributed by atoms with Crippen molar-refractivity contribution in [1.82, 2.24) is 4.98 Å². The van der Waals surface area contributed by atoms with Gasteiger partial charge in [-0.05, 0) is 24.6 Å². The molecule has 6 heteroatoms. The molecule has 22 heavy (non-hydrogen) atoms. The fourth-order valence-electron chi connectivity index (χ4n) is 1.73. The topological polar surface area (TPSA) is 77.5 Å². The lowest BCUT2D eigenvalue weighted by molar-refractivity contribution is 0.0527. The van der Waals surface area contributed by atoms with Gasteiger partial charge < -0.3 is 9.47 Å². The van der Waals surface area contributed by atoms with Crippen molar-refractivity contribution in [2.75, 3.05) is 11.9 Å². The molecule has 0 aliphatic heterocycles. The van der Waals surface area contributed by atoms with Gasteiger partial charge in [-0.3, -0.25) is 5.32 Å². The van der Waals surface area contributed by atoms with E-state index >= 15 is 0 Å². The number of hydrogen-bond donors (Lipinski definition) is 1. The van der Waals surface area contributed by atoms with E-state index in [1.165, 1.54) is 12.3 Å². The molecule has 0 fully saturated rings. The van der Waals surface area contributed by atoms with Crippen LogP contribution in [0.2, 0.25) is 0 Å². The molecule has 0 spiro atoms. The molecule has 1 amide bonds. The normalized spacial score (nSPS) is 9.86. The second-order valence-electron chi connectivity index (χ2n) is 4.31. The summed E-state index contributed by atoms with van der Waals surface area (Å²) in [4.78, 5) is 27.5. The van der Waals surface area contributed by atoms with Crippen molar-refractivity contribution in [2.45, 2.75) is 13.5 Å². The van der Waals surface area contributed by atoms with Crippen molar-refractivity contribution in [3.05, 3.63) is 59.8 Å². The number of hydrogen-bond acceptors (Lipinski definition) is 5. The summed E-state index contributed by atoms with van der Waals surface area (Å²) in [5.74, 6) is -0.437. The zero-order valence-corrected chi connectivity index (χ0v) is 12.1. The Morgan fingerprint density at radius 3 is 2.59 bits per heavy atom. The van der Waals surface area contributed by atoms with Gasteiger partial charge in [-0.15, -0.1) is 0 Å². The minimum atomic E-state index is -0.687. The van der Waals surface area contributed by atoms with E-state index in [1.807, 2.05) is 30.3 Å². The molecule has 1 heterocycles. The maximum atomic E-state index is 11.8. The number of amides is 1. The van der Waals surface area contributed by atoms with Crippen molar-refractivity contribution in [1.29, 1.82) is 0 Å². The summed E-state index contributed by atoms with van der Waals surface area (Å²) in [7, 11) is 0. The third-order valence-electron chi connectivity index (χ3n) is 2.74. The molecule has 2 rings (SSSR count). The van der Waals surface area contributed by atoms with Crippen LogP contribution in [-0.2, 0) is 16.1 Å². The number of rotatable bonds is 5. The molecule has 6 nitrogen and oxygen atoms in total. The van der Waals surface area contributed by atoms with Gasteiger partial charge in [0.25, 0.3) is 0 Å². The van der Waals surface area contributed by atoms with Gasteiger partial charge in [0.2, 0.25) is 0 Å². The highest BCUT2D eigenvalue weighted by atomic mass is 16.5. The number of nitrogens with one attached hydrogen (secondary N) is 1. The molecular formula is C16H16N2O4. The van der Waals surface area contributed by atoms with Gasteiger partial charge in [-0.1, -0.05) is 30.3 Å². The van der Waals surface area contributed by atoms with Crippen LogP contribution in [0.3, 0.4) is 0 Å². The standard InChI is InChI=1S/C16H16N2O4/c1-2-21-15(19)13-9-6-10-17-14(13)18-16(20)22-11-12-7-4-3-5-8-12/h3-10H,2,11H2,1H3,(H,17,18,20). The van der Waals surface area contributed by atoms with Gasteiger partial charge in [-0.2, -0.15) is 0 Å². The van der Waals surface area contributed by atoms with Crippen LogP contribution in [-0.4, -0.2) is 23.7 Å². The Labute approximate surface area is 128 Å². The van der Waals surface area contributed by atoms with Crippen LogP contribution in [0.15, 0.2) is 48.7 Å². The maximum absolute atomic E-state index is 11.8. The third-order valence-corrected chi connectivity index (χ3v) is 2.74. The molecule has 2 aromatic rings. The fraction of sp³-hybridized carbons (Fsp3) is 0.188. The zero-order valence-electron chi connectivity index (χ0n) is 12.1. The lowest BCUT2D eigenvalue weighted by atomic mass is 10.2. The van der Waals surface area contributed by atoms with Crippen LogP contribution in [0.4, 0.5) is 10.6 Å². The van der Waals surface area contributed by atoms with Crippen LogP contribution < -0.4 is 5.32 Å². The highest BCUT2D eigenvalue weighted by Crippen LogP contribution is 2.13. The van der Waals surface area contributed by atoms with Crippen LogP contribution >= 0.6 is 0 Å². The number of carbonyl (C=O) groups excluding carboxylic acids is 2. The first-order valence-electron chi connectivity index (χ1n) is 6.80. The summed E-state index contributed by atoms with van der Waals surface area (Å²) in [6, 6.07) is 12.4. The number of ether oxygens (including phenoxy) is 2. The van der Waals surface area contributed by atoms with Gasteiger partial charge in [0.05, 0.1) is 6.61 Å². The van der Waals surface area contributed by atoms with Crippen molar-refractivity contribution < 1.29 is 19.1 Å². The fourth-order valence-corrected chi connectivity index (χ4v) is 1.73. The first-order chi connectivity index (χ1) is 10.7. The van der Waals surface area contributed by atoms with Crippen LogP contribution in [0.1, 0.15) is 22.8 Å². The monoisotopic (exact) mass is 300 g/mol. The van der Waals surface area contributed by atoms with E-state index in [9.17, 15) is 9.59 Å². The summed E-state index contributed by atoms with van der Waals surface area (Å²) in [5.41, 5.74) is 1.05. The lowest BCUT2D eigenvalue weighted by Crippen LogP contribution is -2.18. The molecule has 0 saturated carbocycles. The van der Waals surface area contributed by atoms with Crippen molar-refractivity contribution >= 4 is 17.9 Å². The van der Waals surface area contributed by atoms with E-state index in [0.717, 1.165) is 5.56 Å². The average molecular weight is 300 g/mol. The number of carbonyl (C=O) groups is 2. The van der Waals surface area contributed by atoms with E-state index < -0.39 is 12.1 Å². The number of aromatic nitrogens is 1. The molecule has 0 saturated heterocycles. The molecule has 1 N–H and O–H groups in total. The Hall–Kier alpha value is -2.89. The summed E-state index contributed by atoms with van der Waals surface area (Å²) < 4.78 is 9.99. The smallest absolute Gasteiger partial charge is 0.413 e. The predicted octanol–water partition coefficient (Wildman–Crippen LogP) is 3.01. The van der Waals surface area contributed by atoms with Crippen molar-refractivity contribution in [3.8, 4) is 0 Å². The summed E-state index contributed by atoms with van der Waals surface area (Å²) >= 11 is 0. The summed E-state index contributed by atoms with van der Waals surface area (Å²) in [6.07, 6.45) is 0.781. The Morgan fingerprint density at radius 2 is 1.86 bits per heavy atom. The van der Waals surface area contributed by atoms with Crippen LogP contribution in [0.5, 0.6) is 0 Å². The Balaban J connectivity index is 1.98. The van der Waals surface area contributed by atoms with Gasteiger partial charge in [0.15, 0.2) is 0 Å². The second kappa shape index (κ2) is 7.78. The van der Waals surface area contributed by atoms with Crippen molar-refractivity contribution in [3.63, 3.8) is 0 Å². The van der Waals surface area contributed by atoms with E-state index in [4.69, 9.17) is 9.47 Å². The number of anilines is 1. The number of pyridine rings is 1. The molecule has 0 aliphatic carbocycles. The minimum absolute atomic E-state index is 0.110. The molecule has 0 aliphatic rings. The van der Waals surface area contributed by atoms with E-state index in [2.05, 4.69) is 10.3 Å². The van der Waals surface area contributed by atoms with Crippen molar-refractivity contribution in [2.24, 2.45) is 0 Å². The molecular weight excluding hydrogens is 284 g/mol. The van der Waals surface area contributed by atoms with E-state index in [1.54, 1.807) is 13.0 Å². The van der Waals surface area contributed by atoms with Gasteiger partial charge in [0.1, 0.15) is 18.0 Å². The largest absolute Gasteiger partial charge is 0.462 e. The van der Waals surface area contributed by atoms with Crippen LogP contribution in [0, 0.1) is 0 Å². The van der Waals surface area contributed by atoms with Gasteiger partial charge >= 0.3 is 12.1 Å². The molecule has 1 aromatic heterocycles. The number of nitrogens with zero attached hydrogens (tertiary/aromatic N) is 1. The molecule has 114 valence electrons. The molecule has 0 bridgehead atoms. The minimum Gasteiger partial charge on any atom is -0.462 e. The highest BCUT2D eigenvalue weighted by molar-refractivity contribution is 5.98. The average Bonchev–Trinajstić information content (AvgIpc) is 2.54. The van der Waals surface area contributed by atoms with Crippen LogP contribution in [0.25, 0.3) is 0 Å². The SMILES string of the molecule is CCOC(=O)c1cccnc1NC(=O)OCc1ccccc1. The molecule has 0 radical (unpaired) electrons. The maximum Gasteiger partial charge on any atom is 0.413 e. The second-order valence-corrected chi connectivity index (χ2v) is 4.31. The molecule has 1 aromatic carbocycles. The first-order valence-corrected chi connectivity index (χ1v) is 6.80. The van der Waals surface area contributed by atoms with Gasteiger partial charge in [0, 0.05) is 6.20 Å². The van der Waals surface area contributed by atoms with E-state index in [0.29, 0.717) is 0 Å². The number of benzene rings is 1. The number of esters is 1. The van der Waals surface area contributed by atoms with E-state index in [-0.39, 0.29) is 24.6 Å². The Kier molecular flexibility index (Phi) is 5.48. The quantitative estimate of drug-likeness (QED) is 0.859. The lowest BCUT2D eigenvalue weighted by Gasteiger charge is -2.09.